The van der Waals surface area contributed by atoms with Gasteiger partial charge < -0.3 is 20.3 Å². The number of hydrogen-bond donors (Lipinski definition) is 3. The van der Waals surface area contributed by atoms with Crippen LogP contribution in [0.3, 0.4) is 0 Å². The van der Waals surface area contributed by atoms with Gasteiger partial charge in [0.25, 0.3) is 0 Å². The van der Waals surface area contributed by atoms with Crippen LogP contribution in [0.15, 0.2) is 0 Å². The van der Waals surface area contributed by atoms with Gasteiger partial charge in [-0.3, -0.25) is 9.59 Å². The fraction of sp³-hybridized carbons (Fsp3) is 0.978. The average Bonchev–Trinajstić information content (AvgIpc) is 2.69. The van der Waals surface area contributed by atoms with Crippen molar-refractivity contribution in [1.29, 1.82) is 0 Å². The summed E-state index contributed by atoms with van der Waals surface area (Å²) in [4.78, 5) is 24.7. The van der Waals surface area contributed by atoms with Gasteiger partial charge in [-0.1, -0.05) is 508 Å². The molecule has 0 fully saturated rings. The van der Waals surface area contributed by atoms with Crippen LogP contribution < -0.4 is 5.32 Å². The molecule has 0 bridgehead atoms. The molecule has 0 aliphatic rings. The van der Waals surface area contributed by atoms with Crippen LogP contribution in [0.25, 0.3) is 0 Å². The molecule has 0 spiro atoms. The Labute approximate surface area is 610 Å². The van der Waals surface area contributed by atoms with E-state index in [0.717, 1.165) is 38.5 Å². The predicted molar refractivity (Wildman–Crippen MR) is 431 cm³/mol. The summed E-state index contributed by atoms with van der Waals surface area (Å²) in [6.07, 6.45) is 111. The Bertz CT molecular complexity index is 1440. The summed E-state index contributed by atoms with van der Waals surface area (Å²) >= 11 is 0. The highest BCUT2D eigenvalue weighted by molar-refractivity contribution is 5.76. The second-order valence-corrected chi connectivity index (χ2v) is 32.0. The maximum absolute atomic E-state index is 12.6. The van der Waals surface area contributed by atoms with Gasteiger partial charge in [0.1, 0.15) is 0 Å². The van der Waals surface area contributed by atoms with Gasteiger partial charge in [0.2, 0.25) is 5.91 Å². The lowest BCUT2D eigenvalue weighted by atomic mass is 10.0. The number of ether oxygens (including phenoxy) is 1. The molecule has 0 radical (unpaired) electrons. The summed E-state index contributed by atoms with van der Waals surface area (Å²) in [6, 6.07) is -0.537. The van der Waals surface area contributed by atoms with E-state index in [1.807, 2.05) is 0 Å². The zero-order chi connectivity index (χ0) is 69.8. The maximum Gasteiger partial charge on any atom is 0.305 e. The summed E-state index contributed by atoms with van der Waals surface area (Å²) < 4.78 is 5.52. The zero-order valence-corrected chi connectivity index (χ0v) is 66.9. The van der Waals surface area contributed by atoms with E-state index < -0.39 is 12.1 Å². The molecule has 0 aromatic carbocycles. The number of esters is 1. The van der Waals surface area contributed by atoms with Crippen LogP contribution in [0.4, 0.5) is 0 Å². The number of aliphatic hydroxyl groups is 2. The van der Waals surface area contributed by atoms with Crippen molar-refractivity contribution in [3.63, 3.8) is 0 Å². The summed E-state index contributed by atoms with van der Waals surface area (Å²) in [5, 5.41) is 23.5. The largest absolute Gasteiger partial charge is 0.466 e. The van der Waals surface area contributed by atoms with E-state index in [0.29, 0.717) is 25.9 Å². The summed E-state index contributed by atoms with van der Waals surface area (Å²) in [5.41, 5.74) is 0. The Morgan fingerprint density at radius 1 is 0.247 bits per heavy atom. The number of unbranched alkanes of at least 4 members (excludes halogenated alkanes) is 77. The highest BCUT2D eigenvalue weighted by atomic mass is 16.5. The Morgan fingerprint density at radius 3 is 0.629 bits per heavy atom. The molecule has 0 saturated heterocycles. The van der Waals surface area contributed by atoms with Crippen LogP contribution in [-0.2, 0) is 14.3 Å². The predicted octanol–water partition coefficient (Wildman–Crippen LogP) is 30.8. The molecule has 580 valence electrons. The lowest BCUT2D eigenvalue weighted by molar-refractivity contribution is -0.143. The third-order valence-corrected chi connectivity index (χ3v) is 22.2. The Hall–Kier alpha value is -1.14. The third kappa shape index (κ3) is 83.7. The number of carbonyl (C=O) groups is 2. The van der Waals surface area contributed by atoms with E-state index in [9.17, 15) is 19.8 Å². The number of rotatable bonds is 88. The molecule has 3 N–H and O–H groups in total. The zero-order valence-electron chi connectivity index (χ0n) is 66.9. The molecule has 6 heteroatoms. The fourth-order valence-electron chi connectivity index (χ4n) is 15.2. The number of carbonyl (C=O) groups excluding carboxylic acids is 2. The Balaban J connectivity index is 3.29. The molecule has 0 aromatic heterocycles. The highest BCUT2D eigenvalue weighted by Gasteiger charge is 2.20. The summed E-state index contributed by atoms with van der Waals surface area (Å²) in [7, 11) is 0. The molecule has 2 atom stereocenters. The average molecular weight is 1370 g/mol. The Kier molecular flexibility index (Phi) is 86.2. The second-order valence-electron chi connectivity index (χ2n) is 32.0. The molecular weight excluding hydrogens is 1190 g/mol. The van der Waals surface area contributed by atoms with Crippen LogP contribution in [0.1, 0.15) is 547 Å². The van der Waals surface area contributed by atoms with Crippen LogP contribution in [-0.4, -0.2) is 47.4 Å². The molecule has 0 aromatic rings. The van der Waals surface area contributed by atoms with E-state index in [-0.39, 0.29) is 18.5 Å². The molecule has 0 saturated carbocycles. The molecule has 0 rings (SSSR count). The number of nitrogens with one attached hydrogen (secondary N) is 1. The quantitative estimate of drug-likeness (QED) is 0.0417. The van der Waals surface area contributed by atoms with Gasteiger partial charge >= 0.3 is 5.97 Å². The first-order chi connectivity index (χ1) is 48.0. The SMILES string of the molecule is CCCCCCCCCCCCCCCCCCCCCCCCCCCC(O)C(CO)NC(=O)CCCCCCCCCCCCCCCCCCCCCCCCCCCCCCCCCCCCCCCCCOC(=O)CCCCCCCCCCCCCCCCCC. The lowest BCUT2D eigenvalue weighted by Gasteiger charge is -2.22. The Morgan fingerprint density at radius 2 is 0.423 bits per heavy atom. The van der Waals surface area contributed by atoms with Gasteiger partial charge in [-0.25, -0.2) is 0 Å². The molecule has 0 heterocycles. The van der Waals surface area contributed by atoms with Gasteiger partial charge in [0.05, 0.1) is 25.4 Å². The van der Waals surface area contributed by atoms with Crippen molar-refractivity contribution < 1.29 is 24.5 Å². The third-order valence-electron chi connectivity index (χ3n) is 22.2. The van der Waals surface area contributed by atoms with Crippen LogP contribution in [0, 0.1) is 0 Å². The number of aliphatic hydroxyl groups excluding tert-OH is 2. The molecule has 1 amide bonds. The molecule has 0 aliphatic carbocycles. The van der Waals surface area contributed by atoms with Gasteiger partial charge in [-0.2, -0.15) is 0 Å². The minimum atomic E-state index is -0.661. The molecular formula is C91H181NO5. The highest BCUT2D eigenvalue weighted by Crippen LogP contribution is 2.22. The smallest absolute Gasteiger partial charge is 0.305 e. The minimum Gasteiger partial charge on any atom is -0.466 e. The first kappa shape index (κ1) is 95.9. The normalized spacial score (nSPS) is 12.3. The van der Waals surface area contributed by atoms with Crippen molar-refractivity contribution in [1.82, 2.24) is 5.32 Å². The standard InChI is InChI=1S/C91H181NO5/c1-3-5-7-9-11-13-15-17-19-21-22-23-24-40-43-46-49-52-55-59-63-67-71-75-79-83-89(94)88(87-93)92-90(95)84-80-76-72-68-64-60-56-53-50-47-44-41-38-36-34-32-30-28-26-25-27-29-31-33-35-37-39-42-45-48-51-54-58-62-66-70-74-78-82-86-97-91(96)85-81-77-73-69-65-61-57-20-18-16-14-12-10-8-6-4-2/h88-89,93-94H,3-87H2,1-2H3,(H,92,95). The van der Waals surface area contributed by atoms with Crippen LogP contribution in [0.2, 0.25) is 0 Å². The van der Waals surface area contributed by atoms with E-state index in [1.165, 1.54) is 475 Å². The molecule has 2 unspecified atom stereocenters. The summed E-state index contributed by atoms with van der Waals surface area (Å²) in [5.74, 6) is 0.00789. The molecule has 97 heavy (non-hydrogen) atoms. The number of amides is 1. The van der Waals surface area contributed by atoms with Crippen LogP contribution in [0.5, 0.6) is 0 Å². The minimum absolute atomic E-state index is 0.0214. The van der Waals surface area contributed by atoms with Crippen molar-refractivity contribution in [2.75, 3.05) is 13.2 Å². The van der Waals surface area contributed by atoms with E-state index >= 15 is 0 Å². The van der Waals surface area contributed by atoms with E-state index in [2.05, 4.69) is 19.2 Å². The van der Waals surface area contributed by atoms with E-state index in [1.54, 1.807) is 0 Å². The van der Waals surface area contributed by atoms with Crippen molar-refractivity contribution in [3.8, 4) is 0 Å². The van der Waals surface area contributed by atoms with Gasteiger partial charge in [-0.15, -0.1) is 0 Å². The second kappa shape index (κ2) is 87.3. The molecule has 0 aliphatic heterocycles. The first-order valence-corrected chi connectivity index (χ1v) is 45.8. The summed E-state index contributed by atoms with van der Waals surface area (Å²) in [6.45, 7) is 5.03. The van der Waals surface area contributed by atoms with Crippen molar-refractivity contribution >= 4 is 11.9 Å². The maximum atomic E-state index is 12.6. The first-order valence-electron chi connectivity index (χ1n) is 45.8. The van der Waals surface area contributed by atoms with Crippen molar-refractivity contribution in [3.05, 3.63) is 0 Å². The van der Waals surface area contributed by atoms with Gasteiger partial charge in [-0.05, 0) is 25.7 Å². The lowest BCUT2D eigenvalue weighted by Crippen LogP contribution is -2.45. The topological polar surface area (TPSA) is 95.9 Å². The van der Waals surface area contributed by atoms with Gasteiger partial charge in [0.15, 0.2) is 0 Å². The molecule has 6 nitrogen and oxygen atoms in total. The van der Waals surface area contributed by atoms with Crippen molar-refractivity contribution in [2.45, 2.75) is 559 Å². The van der Waals surface area contributed by atoms with Crippen LogP contribution >= 0.6 is 0 Å². The van der Waals surface area contributed by atoms with E-state index in [4.69, 9.17) is 4.74 Å². The number of hydrogen-bond acceptors (Lipinski definition) is 5. The monoisotopic (exact) mass is 1370 g/mol. The van der Waals surface area contributed by atoms with Gasteiger partial charge in [0, 0.05) is 12.8 Å². The van der Waals surface area contributed by atoms with Crippen molar-refractivity contribution in [2.24, 2.45) is 0 Å². The fourth-order valence-corrected chi connectivity index (χ4v) is 15.2.